The Labute approximate surface area is 129 Å². The summed E-state index contributed by atoms with van der Waals surface area (Å²) in [6.07, 6.45) is -1.32. The van der Waals surface area contributed by atoms with Gasteiger partial charge in [-0.1, -0.05) is 46.3 Å². The number of anilines is 1. The van der Waals surface area contributed by atoms with Crippen LogP contribution < -0.4 is 5.32 Å². The lowest BCUT2D eigenvalue weighted by molar-refractivity contribution is -0.124. The number of carboxylic acid groups (broad SMARTS) is 1. The molecule has 21 heavy (non-hydrogen) atoms. The second kappa shape index (κ2) is 6.51. The number of aliphatic hydroxyl groups excluding tert-OH is 1. The largest absolute Gasteiger partial charge is 0.478 e. The first kappa shape index (κ1) is 15.2. The van der Waals surface area contributed by atoms with E-state index < -0.39 is 18.0 Å². The highest BCUT2D eigenvalue weighted by Crippen LogP contribution is 2.21. The van der Waals surface area contributed by atoms with Gasteiger partial charge in [-0.25, -0.2) is 4.79 Å². The second-order valence-corrected chi connectivity index (χ2v) is 5.25. The number of amides is 1. The number of aliphatic hydroxyl groups is 1. The summed E-state index contributed by atoms with van der Waals surface area (Å²) >= 11 is 3.18. The molecule has 108 valence electrons. The van der Waals surface area contributed by atoms with Gasteiger partial charge in [-0.15, -0.1) is 0 Å². The molecule has 0 aromatic heterocycles. The molecule has 2 aromatic rings. The van der Waals surface area contributed by atoms with E-state index in [1.54, 1.807) is 36.4 Å². The van der Waals surface area contributed by atoms with E-state index in [0.717, 1.165) is 0 Å². The van der Waals surface area contributed by atoms with Gasteiger partial charge < -0.3 is 15.5 Å². The maximum atomic E-state index is 12.0. The van der Waals surface area contributed by atoms with Crippen molar-refractivity contribution in [1.29, 1.82) is 0 Å². The van der Waals surface area contributed by atoms with E-state index in [1.807, 2.05) is 0 Å². The zero-order chi connectivity index (χ0) is 15.4. The summed E-state index contributed by atoms with van der Waals surface area (Å²) in [7, 11) is 0. The van der Waals surface area contributed by atoms with Crippen LogP contribution in [0.3, 0.4) is 0 Å². The predicted octanol–water partition coefficient (Wildman–Crippen LogP) is 2.82. The molecule has 0 spiro atoms. The van der Waals surface area contributed by atoms with Crippen molar-refractivity contribution >= 4 is 33.5 Å². The van der Waals surface area contributed by atoms with Crippen LogP contribution in [0, 0.1) is 0 Å². The molecule has 0 aliphatic rings. The van der Waals surface area contributed by atoms with E-state index in [-0.39, 0.29) is 5.56 Å². The number of hydrogen-bond acceptors (Lipinski definition) is 3. The van der Waals surface area contributed by atoms with Crippen molar-refractivity contribution in [3.8, 4) is 0 Å². The van der Waals surface area contributed by atoms with Gasteiger partial charge in [-0.3, -0.25) is 4.79 Å². The molecule has 5 nitrogen and oxygen atoms in total. The third-order valence-electron chi connectivity index (χ3n) is 2.78. The average Bonchev–Trinajstić information content (AvgIpc) is 2.46. The van der Waals surface area contributed by atoms with E-state index in [0.29, 0.717) is 15.7 Å². The topological polar surface area (TPSA) is 86.6 Å². The summed E-state index contributed by atoms with van der Waals surface area (Å²) in [6.45, 7) is 0. The fraction of sp³-hybridized carbons (Fsp3) is 0.0667. The highest BCUT2D eigenvalue weighted by molar-refractivity contribution is 9.10. The van der Waals surface area contributed by atoms with Crippen molar-refractivity contribution in [2.75, 3.05) is 5.32 Å². The van der Waals surface area contributed by atoms with Crippen LogP contribution in [0.4, 0.5) is 5.69 Å². The number of carbonyl (C=O) groups is 2. The van der Waals surface area contributed by atoms with Crippen molar-refractivity contribution in [2.24, 2.45) is 0 Å². The smallest absolute Gasteiger partial charge is 0.335 e. The minimum atomic E-state index is -1.32. The molecule has 0 aliphatic heterocycles. The lowest BCUT2D eigenvalue weighted by Crippen LogP contribution is -2.21. The van der Waals surface area contributed by atoms with Crippen LogP contribution in [-0.2, 0) is 4.79 Å². The number of rotatable bonds is 4. The number of nitrogens with one attached hydrogen (secondary N) is 1. The standard InChI is InChI=1S/C15H12BrNO4/c16-11-6-10(15(20)21)7-12(8-11)17-14(19)13(18)9-4-2-1-3-5-9/h1-8,13,18H,(H,17,19)(H,20,21). The van der Waals surface area contributed by atoms with Gasteiger partial charge in [-0.2, -0.15) is 0 Å². The molecule has 0 saturated heterocycles. The maximum Gasteiger partial charge on any atom is 0.335 e. The number of hydrogen-bond donors (Lipinski definition) is 3. The average molecular weight is 350 g/mol. The molecule has 0 radical (unpaired) electrons. The highest BCUT2D eigenvalue weighted by atomic mass is 79.9. The summed E-state index contributed by atoms with van der Waals surface area (Å²) < 4.78 is 0.520. The first-order valence-electron chi connectivity index (χ1n) is 6.05. The van der Waals surface area contributed by atoms with Gasteiger partial charge in [0, 0.05) is 10.2 Å². The summed E-state index contributed by atoms with van der Waals surface area (Å²) in [6, 6.07) is 12.8. The summed E-state index contributed by atoms with van der Waals surface area (Å²) in [5.74, 6) is -1.73. The molecule has 1 unspecified atom stereocenters. The minimum absolute atomic E-state index is 0.0360. The van der Waals surface area contributed by atoms with Crippen LogP contribution in [-0.4, -0.2) is 22.1 Å². The molecule has 3 N–H and O–H groups in total. The van der Waals surface area contributed by atoms with Crippen molar-refractivity contribution in [2.45, 2.75) is 6.10 Å². The van der Waals surface area contributed by atoms with E-state index in [4.69, 9.17) is 5.11 Å². The Morgan fingerprint density at radius 1 is 1.10 bits per heavy atom. The van der Waals surface area contributed by atoms with Crippen LogP contribution in [0.5, 0.6) is 0 Å². The van der Waals surface area contributed by atoms with E-state index >= 15 is 0 Å². The fourth-order valence-electron chi connectivity index (χ4n) is 1.78. The van der Waals surface area contributed by atoms with Crippen LogP contribution in [0.25, 0.3) is 0 Å². The number of benzene rings is 2. The zero-order valence-electron chi connectivity index (χ0n) is 10.8. The van der Waals surface area contributed by atoms with Crippen LogP contribution in [0.2, 0.25) is 0 Å². The molecule has 6 heteroatoms. The Bertz CT molecular complexity index is 673. The molecule has 1 amide bonds. The first-order chi connectivity index (χ1) is 9.97. The molecule has 0 saturated carbocycles. The molecule has 0 fully saturated rings. The van der Waals surface area contributed by atoms with Crippen molar-refractivity contribution < 1.29 is 19.8 Å². The Morgan fingerprint density at radius 2 is 1.76 bits per heavy atom. The third-order valence-corrected chi connectivity index (χ3v) is 3.23. The van der Waals surface area contributed by atoms with Crippen LogP contribution >= 0.6 is 15.9 Å². The van der Waals surface area contributed by atoms with Gasteiger partial charge in [-0.05, 0) is 23.8 Å². The van der Waals surface area contributed by atoms with E-state index in [9.17, 15) is 14.7 Å². The Morgan fingerprint density at radius 3 is 2.38 bits per heavy atom. The Kier molecular flexibility index (Phi) is 4.72. The molecule has 0 bridgehead atoms. The minimum Gasteiger partial charge on any atom is -0.478 e. The van der Waals surface area contributed by atoms with Gasteiger partial charge in [0.05, 0.1) is 5.56 Å². The van der Waals surface area contributed by atoms with Gasteiger partial charge in [0.1, 0.15) is 0 Å². The molecular weight excluding hydrogens is 338 g/mol. The molecule has 1 atom stereocenters. The molecular formula is C15H12BrNO4. The second-order valence-electron chi connectivity index (χ2n) is 4.34. The van der Waals surface area contributed by atoms with E-state index in [1.165, 1.54) is 12.1 Å². The molecule has 2 rings (SSSR count). The van der Waals surface area contributed by atoms with Crippen molar-refractivity contribution in [3.63, 3.8) is 0 Å². The normalized spacial score (nSPS) is 11.7. The third kappa shape index (κ3) is 3.90. The molecule has 0 heterocycles. The predicted molar refractivity (Wildman–Crippen MR) is 81.1 cm³/mol. The van der Waals surface area contributed by atoms with Gasteiger partial charge in [0.25, 0.3) is 5.91 Å². The Hall–Kier alpha value is -2.18. The SMILES string of the molecule is O=C(O)c1cc(Br)cc(NC(=O)C(O)c2ccccc2)c1. The number of carboxylic acids is 1. The highest BCUT2D eigenvalue weighted by Gasteiger charge is 2.17. The lowest BCUT2D eigenvalue weighted by Gasteiger charge is -2.12. The molecule has 2 aromatic carbocycles. The maximum absolute atomic E-state index is 12.0. The number of halogens is 1. The monoisotopic (exact) mass is 349 g/mol. The van der Waals surface area contributed by atoms with Crippen LogP contribution in [0.15, 0.2) is 53.0 Å². The van der Waals surface area contributed by atoms with E-state index in [2.05, 4.69) is 21.2 Å². The van der Waals surface area contributed by atoms with Crippen LogP contribution in [0.1, 0.15) is 22.0 Å². The lowest BCUT2D eigenvalue weighted by atomic mass is 10.1. The quantitative estimate of drug-likeness (QED) is 0.791. The molecule has 0 aliphatic carbocycles. The summed E-state index contributed by atoms with van der Waals surface area (Å²) in [5, 5.41) is 21.4. The first-order valence-corrected chi connectivity index (χ1v) is 6.84. The van der Waals surface area contributed by atoms with Crippen molar-refractivity contribution in [1.82, 2.24) is 0 Å². The summed E-state index contributed by atoms with van der Waals surface area (Å²) in [4.78, 5) is 22.9. The number of aromatic carboxylic acids is 1. The fourth-order valence-corrected chi connectivity index (χ4v) is 2.28. The van der Waals surface area contributed by atoms with Gasteiger partial charge >= 0.3 is 5.97 Å². The summed E-state index contributed by atoms with van der Waals surface area (Å²) in [5.41, 5.74) is 0.791. The zero-order valence-corrected chi connectivity index (χ0v) is 12.4. The van der Waals surface area contributed by atoms with Gasteiger partial charge in [0.2, 0.25) is 0 Å². The van der Waals surface area contributed by atoms with Crippen molar-refractivity contribution in [3.05, 3.63) is 64.1 Å². The Balaban J connectivity index is 2.18. The van der Waals surface area contributed by atoms with Gasteiger partial charge in [0.15, 0.2) is 6.10 Å². The number of carbonyl (C=O) groups excluding carboxylic acids is 1.